The number of fused-ring (bicyclic) bond motifs is 1. The van der Waals surface area contributed by atoms with Gasteiger partial charge in [-0.15, -0.1) is 0 Å². The van der Waals surface area contributed by atoms with Gasteiger partial charge in [-0.05, 0) is 57.0 Å². The second kappa shape index (κ2) is 7.92. The molecule has 2 aromatic carbocycles. The van der Waals surface area contributed by atoms with E-state index in [4.69, 9.17) is 4.74 Å². The Balaban J connectivity index is 1.86. The Kier molecular flexibility index (Phi) is 5.58. The predicted octanol–water partition coefficient (Wildman–Crippen LogP) is 4.23. The zero-order valence-corrected chi connectivity index (χ0v) is 16.8. The number of amides is 2. The highest BCUT2D eigenvalue weighted by Crippen LogP contribution is 2.34. The fourth-order valence-corrected chi connectivity index (χ4v) is 3.37. The largest absolute Gasteiger partial charge is 0.444 e. The zero-order valence-electron chi connectivity index (χ0n) is 16.8. The lowest BCUT2D eigenvalue weighted by molar-refractivity contribution is -0.114. The molecule has 0 bridgehead atoms. The van der Waals surface area contributed by atoms with Crippen molar-refractivity contribution in [1.29, 1.82) is 0 Å². The smallest absolute Gasteiger partial charge is 0.407 e. The first-order valence-corrected chi connectivity index (χ1v) is 9.44. The van der Waals surface area contributed by atoms with Gasteiger partial charge in [-0.3, -0.25) is 4.79 Å². The molecule has 0 aliphatic carbocycles. The van der Waals surface area contributed by atoms with E-state index in [9.17, 15) is 9.59 Å². The summed E-state index contributed by atoms with van der Waals surface area (Å²) in [6.45, 7) is 7.65. The molecule has 1 unspecified atom stereocenters. The molecule has 2 aromatic rings. The minimum absolute atomic E-state index is 0.0887. The minimum atomic E-state index is -0.539. The van der Waals surface area contributed by atoms with Crippen molar-refractivity contribution >= 4 is 29.1 Å². The summed E-state index contributed by atoms with van der Waals surface area (Å²) in [7, 11) is 0. The Morgan fingerprint density at radius 3 is 2.57 bits per heavy atom. The van der Waals surface area contributed by atoms with E-state index in [1.165, 1.54) is 6.92 Å². The molecule has 0 radical (unpaired) electrons. The summed E-state index contributed by atoms with van der Waals surface area (Å²) in [4.78, 5) is 25.8. The van der Waals surface area contributed by atoms with Gasteiger partial charge in [0, 0.05) is 30.5 Å². The van der Waals surface area contributed by atoms with Crippen molar-refractivity contribution in [3.05, 3.63) is 54.1 Å². The number of carbonyl (C=O) groups excluding carboxylic acids is 2. The van der Waals surface area contributed by atoms with Gasteiger partial charge in [-0.1, -0.05) is 24.3 Å². The van der Waals surface area contributed by atoms with Gasteiger partial charge in [0.25, 0.3) is 0 Å². The summed E-state index contributed by atoms with van der Waals surface area (Å²) >= 11 is 0. The Hall–Kier alpha value is -3.02. The molecule has 1 aliphatic rings. The molecule has 1 heterocycles. The monoisotopic (exact) mass is 381 g/mol. The van der Waals surface area contributed by atoms with Crippen LogP contribution in [0, 0.1) is 0 Å². The van der Waals surface area contributed by atoms with Gasteiger partial charge in [0.1, 0.15) is 5.60 Å². The molecule has 2 amide bonds. The number of carbonyl (C=O) groups is 2. The van der Waals surface area contributed by atoms with Crippen molar-refractivity contribution in [2.24, 2.45) is 0 Å². The molecule has 2 N–H and O–H groups in total. The standard InChI is InChI=1S/C22H27N3O3/c1-15(26)23-17-9-7-10-19(13-17)25-14-18(24-21(27)28-22(2,3)4)12-16-8-5-6-11-20(16)25/h5-11,13,18H,12,14H2,1-4H3,(H,23,26)(H,24,27). The first-order valence-electron chi connectivity index (χ1n) is 9.44. The number of nitrogens with one attached hydrogen (secondary N) is 2. The summed E-state index contributed by atoms with van der Waals surface area (Å²) in [6, 6.07) is 15.8. The van der Waals surface area contributed by atoms with Crippen LogP contribution in [0.2, 0.25) is 0 Å². The molecule has 1 aliphatic heterocycles. The van der Waals surface area contributed by atoms with E-state index in [0.717, 1.165) is 29.0 Å². The van der Waals surface area contributed by atoms with Gasteiger partial charge in [-0.2, -0.15) is 0 Å². The Bertz CT molecular complexity index is 873. The van der Waals surface area contributed by atoms with E-state index in [2.05, 4.69) is 27.7 Å². The van der Waals surface area contributed by atoms with Gasteiger partial charge in [0.2, 0.25) is 5.91 Å². The van der Waals surface area contributed by atoms with Gasteiger partial charge in [0.15, 0.2) is 0 Å². The molecule has 6 heteroatoms. The van der Waals surface area contributed by atoms with E-state index in [0.29, 0.717) is 6.54 Å². The predicted molar refractivity (Wildman–Crippen MR) is 111 cm³/mol. The third kappa shape index (κ3) is 5.03. The van der Waals surface area contributed by atoms with Crippen LogP contribution in [0.5, 0.6) is 0 Å². The van der Waals surface area contributed by atoms with Crippen LogP contribution in [0.1, 0.15) is 33.3 Å². The quantitative estimate of drug-likeness (QED) is 0.835. The molecule has 0 saturated heterocycles. The van der Waals surface area contributed by atoms with Crippen LogP contribution in [0.4, 0.5) is 21.9 Å². The Labute approximate surface area is 165 Å². The summed E-state index contributed by atoms with van der Waals surface area (Å²) in [5.74, 6) is -0.110. The van der Waals surface area contributed by atoms with Crippen molar-refractivity contribution in [3.8, 4) is 0 Å². The number of rotatable bonds is 3. The molecular formula is C22H27N3O3. The molecule has 0 spiro atoms. The molecule has 0 aromatic heterocycles. The summed E-state index contributed by atoms with van der Waals surface area (Å²) in [5, 5.41) is 5.81. The van der Waals surface area contributed by atoms with Crippen LogP contribution < -0.4 is 15.5 Å². The number of nitrogens with zero attached hydrogens (tertiary/aromatic N) is 1. The first kappa shape index (κ1) is 19.7. The van der Waals surface area contributed by atoms with Gasteiger partial charge in [0.05, 0.1) is 6.04 Å². The SMILES string of the molecule is CC(=O)Nc1cccc(N2CC(NC(=O)OC(C)(C)C)Cc3ccccc32)c1. The lowest BCUT2D eigenvalue weighted by Gasteiger charge is -2.37. The van der Waals surface area contributed by atoms with Gasteiger partial charge < -0.3 is 20.3 Å². The van der Waals surface area contributed by atoms with Crippen LogP contribution in [-0.2, 0) is 16.0 Å². The minimum Gasteiger partial charge on any atom is -0.444 e. The topological polar surface area (TPSA) is 70.7 Å². The highest BCUT2D eigenvalue weighted by Gasteiger charge is 2.28. The third-order valence-corrected chi connectivity index (χ3v) is 4.35. The van der Waals surface area contributed by atoms with Crippen LogP contribution in [0.25, 0.3) is 0 Å². The van der Waals surface area contributed by atoms with Gasteiger partial charge in [-0.25, -0.2) is 4.79 Å². The average Bonchev–Trinajstić information content (AvgIpc) is 2.59. The zero-order chi connectivity index (χ0) is 20.3. The van der Waals surface area contributed by atoms with Crippen molar-refractivity contribution in [1.82, 2.24) is 5.32 Å². The van der Waals surface area contributed by atoms with E-state index >= 15 is 0 Å². The van der Waals surface area contributed by atoms with Crippen LogP contribution in [0.3, 0.4) is 0 Å². The highest BCUT2D eigenvalue weighted by molar-refractivity contribution is 5.89. The van der Waals surface area contributed by atoms with E-state index < -0.39 is 11.7 Å². The second-order valence-electron chi connectivity index (χ2n) is 8.02. The van der Waals surface area contributed by atoms with Crippen molar-refractivity contribution < 1.29 is 14.3 Å². The van der Waals surface area contributed by atoms with E-state index in [1.807, 2.05) is 57.2 Å². The normalized spacial score (nSPS) is 16.1. The maximum absolute atomic E-state index is 12.3. The molecule has 0 saturated carbocycles. The molecular weight excluding hydrogens is 354 g/mol. The van der Waals surface area contributed by atoms with E-state index in [-0.39, 0.29) is 11.9 Å². The van der Waals surface area contributed by atoms with Crippen LogP contribution in [-0.4, -0.2) is 30.2 Å². The lowest BCUT2D eigenvalue weighted by Crippen LogP contribution is -2.48. The molecule has 1 atom stereocenters. The number of hydrogen-bond donors (Lipinski definition) is 2. The molecule has 6 nitrogen and oxygen atoms in total. The van der Waals surface area contributed by atoms with Crippen molar-refractivity contribution in [2.45, 2.75) is 45.8 Å². The first-order chi connectivity index (χ1) is 13.2. The fraction of sp³-hybridized carbons (Fsp3) is 0.364. The number of alkyl carbamates (subject to hydrolysis) is 1. The van der Waals surface area contributed by atoms with Crippen LogP contribution >= 0.6 is 0 Å². The highest BCUT2D eigenvalue weighted by atomic mass is 16.6. The molecule has 148 valence electrons. The summed E-state index contributed by atoms with van der Waals surface area (Å²) < 4.78 is 5.42. The number of ether oxygens (including phenoxy) is 1. The number of hydrogen-bond acceptors (Lipinski definition) is 4. The lowest BCUT2D eigenvalue weighted by atomic mass is 9.97. The number of anilines is 3. The maximum atomic E-state index is 12.3. The molecule has 0 fully saturated rings. The Morgan fingerprint density at radius 1 is 1.11 bits per heavy atom. The van der Waals surface area contributed by atoms with Crippen LogP contribution in [0.15, 0.2) is 48.5 Å². The fourth-order valence-electron chi connectivity index (χ4n) is 3.37. The second-order valence-corrected chi connectivity index (χ2v) is 8.02. The van der Waals surface area contributed by atoms with E-state index in [1.54, 1.807) is 0 Å². The van der Waals surface area contributed by atoms with Gasteiger partial charge >= 0.3 is 6.09 Å². The molecule has 28 heavy (non-hydrogen) atoms. The van der Waals surface area contributed by atoms with Crippen molar-refractivity contribution in [3.63, 3.8) is 0 Å². The summed E-state index contributed by atoms with van der Waals surface area (Å²) in [6.07, 6.45) is 0.320. The third-order valence-electron chi connectivity index (χ3n) is 4.35. The summed E-state index contributed by atoms with van der Waals surface area (Å²) in [5.41, 5.74) is 3.41. The maximum Gasteiger partial charge on any atom is 0.407 e. The number of benzene rings is 2. The number of para-hydroxylation sites is 1. The molecule has 3 rings (SSSR count). The average molecular weight is 381 g/mol. The Morgan fingerprint density at radius 2 is 1.86 bits per heavy atom. The van der Waals surface area contributed by atoms with Crippen molar-refractivity contribution in [2.75, 3.05) is 16.8 Å².